The molecule has 2 unspecified atom stereocenters. The maximum atomic E-state index is 5.27. The van der Waals surface area contributed by atoms with Gasteiger partial charge in [-0.2, -0.15) is 0 Å². The SMILES string of the molecule is CC1CNCOCC1C. The molecule has 1 saturated heterocycles. The second kappa shape index (κ2) is 3.18. The maximum Gasteiger partial charge on any atom is 0.0965 e. The van der Waals surface area contributed by atoms with Crippen LogP contribution in [0.4, 0.5) is 0 Å². The summed E-state index contributed by atoms with van der Waals surface area (Å²) >= 11 is 0. The molecule has 1 N–H and O–H groups in total. The first-order valence-corrected chi connectivity index (χ1v) is 3.59. The first-order chi connectivity index (χ1) is 4.30. The Hall–Kier alpha value is -0.0800. The highest BCUT2D eigenvalue weighted by atomic mass is 16.5. The van der Waals surface area contributed by atoms with Gasteiger partial charge in [0, 0.05) is 6.54 Å². The lowest BCUT2D eigenvalue weighted by molar-refractivity contribution is 0.105. The second-order valence-corrected chi connectivity index (χ2v) is 2.92. The molecule has 0 aliphatic carbocycles. The zero-order valence-electron chi connectivity index (χ0n) is 6.18. The Morgan fingerprint density at radius 2 is 2.11 bits per heavy atom. The van der Waals surface area contributed by atoms with E-state index in [4.69, 9.17) is 4.74 Å². The van der Waals surface area contributed by atoms with Gasteiger partial charge < -0.3 is 4.74 Å². The van der Waals surface area contributed by atoms with Gasteiger partial charge in [0.1, 0.15) is 0 Å². The van der Waals surface area contributed by atoms with Gasteiger partial charge in [0.2, 0.25) is 0 Å². The van der Waals surface area contributed by atoms with Gasteiger partial charge in [-0.15, -0.1) is 0 Å². The topological polar surface area (TPSA) is 21.3 Å². The summed E-state index contributed by atoms with van der Waals surface area (Å²) in [6.45, 7) is 7.23. The van der Waals surface area contributed by atoms with Crippen LogP contribution in [0, 0.1) is 11.8 Å². The highest BCUT2D eigenvalue weighted by Crippen LogP contribution is 2.11. The number of hydrogen-bond acceptors (Lipinski definition) is 2. The summed E-state index contributed by atoms with van der Waals surface area (Å²) in [7, 11) is 0. The minimum atomic E-state index is 0.708. The summed E-state index contributed by atoms with van der Waals surface area (Å²) in [5, 5.41) is 3.21. The van der Waals surface area contributed by atoms with Crippen LogP contribution >= 0.6 is 0 Å². The number of ether oxygens (including phenoxy) is 1. The Morgan fingerprint density at radius 1 is 1.33 bits per heavy atom. The van der Waals surface area contributed by atoms with Crippen molar-refractivity contribution in [2.45, 2.75) is 13.8 Å². The van der Waals surface area contributed by atoms with Gasteiger partial charge in [-0.05, 0) is 11.8 Å². The van der Waals surface area contributed by atoms with E-state index in [0.29, 0.717) is 5.92 Å². The van der Waals surface area contributed by atoms with Crippen molar-refractivity contribution in [1.29, 1.82) is 0 Å². The van der Waals surface area contributed by atoms with Crippen LogP contribution < -0.4 is 5.32 Å². The molecule has 0 radical (unpaired) electrons. The third-order valence-electron chi connectivity index (χ3n) is 2.02. The molecule has 9 heavy (non-hydrogen) atoms. The van der Waals surface area contributed by atoms with Crippen molar-refractivity contribution in [3.63, 3.8) is 0 Å². The van der Waals surface area contributed by atoms with E-state index >= 15 is 0 Å². The average Bonchev–Trinajstić information content (AvgIpc) is 1.99. The van der Waals surface area contributed by atoms with Gasteiger partial charge in [-0.1, -0.05) is 13.8 Å². The van der Waals surface area contributed by atoms with Crippen molar-refractivity contribution in [2.24, 2.45) is 11.8 Å². The van der Waals surface area contributed by atoms with E-state index in [1.54, 1.807) is 0 Å². The number of nitrogens with one attached hydrogen (secondary N) is 1. The fraction of sp³-hybridized carbons (Fsp3) is 1.00. The van der Waals surface area contributed by atoms with E-state index in [9.17, 15) is 0 Å². The predicted octanol–water partition coefficient (Wildman–Crippen LogP) is 0.836. The predicted molar refractivity (Wildman–Crippen MR) is 37.1 cm³/mol. The van der Waals surface area contributed by atoms with Gasteiger partial charge in [0.15, 0.2) is 0 Å². The Balaban J connectivity index is 2.32. The van der Waals surface area contributed by atoms with Crippen LogP contribution in [-0.2, 0) is 4.74 Å². The Morgan fingerprint density at radius 3 is 2.89 bits per heavy atom. The molecule has 2 heteroatoms. The molecule has 54 valence electrons. The molecule has 1 aliphatic rings. The highest BCUT2D eigenvalue weighted by Gasteiger charge is 2.14. The van der Waals surface area contributed by atoms with Crippen molar-refractivity contribution < 1.29 is 4.74 Å². The van der Waals surface area contributed by atoms with E-state index < -0.39 is 0 Å². The molecule has 2 nitrogen and oxygen atoms in total. The van der Waals surface area contributed by atoms with Crippen LogP contribution in [0.5, 0.6) is 0 Å². The molecule has 0 saturated carbocycles. The lowest BCUT2D eigenvalue weighted by Crippen LogP contribution is -2.21. The largest absolute Gasteiger partial charge is 0.366 e. The standard InChI is InChI=1S/C7H15NO/c1-6-3-8-5-9-4-7(6)2/h6-8H,3-5H2,1-2H3. The van der Waals surface area contributed by atoms with Gasteiger partial charge in [-0.25, -0.2) is 0 Å². The van der Waals surface area contributed by atoms with E-state index in [0.717, 1.165) is 25.8 Å². The summed E-state index contributed by atoms with van der Waals surface area (Å²) in [5.41, 5.74) is 0. The average molecular weight is 129 g/mol. The molecule has 0 aromatic carbocycles. The molecule has 0 aromatic rings. The minimum absolute atomic E-state index is 0.708. The lowest BCUT2D eigenvalue weighted by Gasteiger charge is -2.13. The molecule has 1 fully saturated rings. The molecular formula is C7H15NO. The lowest BCUT2D eigenvalue weighted by atomic mass is 9.97. The first-order valence-electron chi connectivity index (χ1n) is 3.59. The summed E-state index contributed by atoms with van der Waals surface area (Å²) in [5.74, 6) is 1.47. The third-order valence-corrected chi connectivity index (χ3v) is 2.02. The van der Waals surface area contributed by atoms with Crippen LogP contribution in [0.2, 0.25) is 0 Å². The summed E-state index contributed by atoms with van der Waals surface area (Å²) in [6.07, 6.45) is 0. The molecule has 0 amide bonds. The summed E-state index contributed by atoms with van der Waals surface area (Å²) < 4.78 is 5.27. The minimum Gasteiger partial charge on any atom is -0.366 e. The Kier molecular flexibility index (Phi) is 2.49. The number of hydrogen-bond donors (Lipinski definition) is 1. The quantitative estimate of drug-likeness (QED) is 0.523. The molecule has 1 heterocycles. The summed E-state index contributed by atoms with van der Waals surface area (Å²) in [4.78, 5) is 0. The monoisotopic (exact) mass is 129 g/mol. The van der Waals surface area contributed by atoms with Crippen molar-refractivity contribution in [1.82, 2.24) is 5.32 Å². The van der Waals surface area contributed by atoms with Crippen LogP contribution in [-0.4, -0.2) is 19.9 Å². The van der Waals surface area contributed by atoms with Gasteiger partial charge in [0.25, 0.3) is 0 Å². The molecule has 0 bridgehead atoms. The summed E-state index contributed by atoms with van der Waals surface area (Å²) in [6, 6.07) is 0. The molecule has 1 rings (SSSR count). The van der Waals surface area contributed by atoms with E-state index in [2.05, 4.69) is 19.2 Å². The zero-order chi connectivity index (χ0) is 6.69. The number of rotatable bonds is 0. The van der Waals surface area contributed by atoms with Crippen molar-refractivity contribution in [3.05, 3.63) is 0 Å². The van der Waals surface area contributed by atoms with Gasteiger partial charge in [-0.3, -0.25) is 5.32 Å². The second-order valence-electron chi connectivity index (χ2n) is 2.92. The van der Waals surface area contributed by atoms with E-state index in [1.807, 2.05) is 0 Å². The normalized spacial score (nSPS) is 38.0. The van der Waals surface area contributed by atoms with Crippen LogP contribution in [0.3, 0.4) is 0 Å². The fourth-order valence-corrected chi connectivity index (χ4v) is 0.969. The van der Waals surface area contributed by atoms with Gasteiger partial charge in [0.05, 0.1) is 13.3 Å². The van der Waals surface area contributed by atoms with Crippen LogP contribution in [0.25, 0.3) is 0 Å². The van der Waals surface area contributed by atoms with Crippen LogP contribution in [0.1, 0.15) is 13.8 Å². The fourth-order valence-electron chi connectivity index (χ4n) is 0.969. The van der Waals surface area contributed by atoms with Crippen molar-refractivity contribution in [2.75, 3.05) is 19.9 Å². The zero-order valence-corrected chi connectivity index (χ0v) is 6.18. The third kappa shape index (κ3) is 1.95. The van der Waals surface area contributed by atoms with Gasteiger partial charge >= 0.3 is 0 Å². The van der Waals surface area contributed by atoms with Crippen LogP contribution in [0.15, 0.2) is 0 Å². The molecule has 0 spiro atoms. The molecule has 1 aliphatic heterocycles. The molecular weight excluding hydrogens is 114 g/mol. The highest BCUT2D eigenvalue weighted by molar-refractivity contribution is 4.65. The maximum absolute atomic E-state index is 5.27. The molecule has 2 atom stereocenters. The van der Waals surface area contributed by atoms with E-state index in [1.165, 1.54) is 0 Å². The first kappa shape index (κ1) is 7.03. The Labute approximate surface area is 56.6 Å². The molecule has 0 aromatic heterocycles. The van der Waals surface area contributed by atoms with Crippen molar-refractivity contribution in [3.8, 4) is 0 Å². The smallest absolute Gasteiger partial charge is 0.0965 e. The van der Waals surface area contributed by atoms with E-state index in [-0.39, 0.29) is 0 Å². The Bertz CT molecular complexity index is 75.0. The van der Waals surface area contributed by atoms with Crippen molar-refractivity contribution >= 4 is 0 Å².